The molecule has 0 radical (unpaired) electrons. The van der Waals surface area contributed by atoms with Crippen molar-refractivity contribution in [2.24, 2.45) is 5.92 Å². The van der Waals surface area contributed by atoms with E-state index in [0.29, 0.717) is 40.9 Å². The van der Waals surface area contributed by atoms with E-state index < -0.39 is 0 Å². The largest absolute Gasteiger partial charge is 0.496 e. The van der Waals surface area contributed by atoms with Crippen molar-refractivity contribution in [1.82, 2.24) is 10.2 Å². The van der Waals surface area contributed by atoms with Gasteiger partial charge in [-0.05, 0) is 68.1 Å². The number of nitrogens with one attached hydrogen (secondary N) is 1. The van der Waals surface area contributed by atoms with Crippen molar-refractivity contribution < 1.29 is 14.3 Å². The molecule has 1 saturated heterocycles. The van der Waals surface area contributed by atoms with Gasteiger partial charge in [0.1, 0.15) is 5.75 Å². The number of methoxy groups -OCH3 is 1. The number of piperidine rings is 1. The Bertz CT molecular complexity index is 1240. The van der Waals surface area contributed by atoms with Crippen LogP contribution in [-0.2, 0) is 0 Å². The molecule has 4 rings (SSSR count). The second kappa shape index (κ2) is 14.4. The number of benzene rings is 3. The summed E-state index contributed by atoms with van der Waals surface area (Å²) in [5.41, 5.74) is 7.44. The van der Waals surface area contributed by atoms with Gasteiger partial charge in [0.05, 0.1) is 23.4 Å². The van der Waals surface area contributed by atoms with Crippen LogP contribution in [0.4, 0.5) is 5.69 Å². The van der Waals surface area contributed by atoms with Crippen LogP contribution < -0.4 is 15.8 Å². The average Bonchev–Trinajstić information content (AvgIpc) is 2.93. The molecular weight excluding hydrogens is 521 g/mol. The van der Waals surface area contributed by atoms with Crippen molar-refractivity contribution in [2.75, 3.05) is 39.0 Å². The minimum Gasteiger partial charge on any atom is -0.496 e. The molecule has 1 heterocycles. The van der Waals surface area contributed by atoms with Crippen LogP contribution in [0.25, 0.3) is 10.8 Å². The van der Waals surface area contributed by atoms with Crippen LogP contribution in [-0.4, -0.2) is 49.9 Å². The molecule has 0 unspecified atom stereocenters. The quantitative estimate of drug-likeness (QED) is 0.162. The van der Waals surface area contributed by atoms with Gasteiger partial charge in [-0.15, -0.1) is 12.4 Å². The number of hydrogen-bond acceptors (Lipinski definition) is 5. The lowest BCUT2D eigenvalue weighted by atomic mass is 9.96. The number of carbonyl (C=O) groups is 2. The normalized spacial score (nSPS) is 14.2. The number of amides is 1. The number of anilines is 1. The molecule has 3 aromatic carbocycles. The SMILES string of the molecule is COc1cc(N)c(Cl)cc1C(=O)NCC1CCN(CCCCCC(=O)c2cccc3ccccc23)CC1.Cl. The molecule has 8 heteroatoms. The van der Waals surface area contributed by atoms with Crippen molar-refractivity contribution in [3.63, 3.8) is 0 Å². The molecule has 0 atom stereocenters. The molecule has 0 spiro atoms. The number of rotatable bonds is 11. The highest BCUT2D eigenvalue weighted by molar-refractivity contribution is 6.33. The second-order valence-corrected chi connectivity index (χ2v) is 10.2. The molecule has 1 fully saturated rings. The summed E-state index contributed by atoms with van der Waals surface area (Å²) in [4.78, 5) is 27.9. The first-order chi connectivity index (χ1) is 18.0. The van der Waals surface area contributed by atoms with E-state index in [1.165, 1.54) is 7.11 Å². The van der Waals surface area contributed by atoms with E-state index >= 15 is 0 Å². The summed E-state index contributed by atoms with van der Waals surface area (Å²) in [6.07, 6.45) is 5.78. The summed E-state index contributed by atoms with van der Waals surface area (Å²) in [5, 5.41) is 5.54. The highest BCUT2D eigenvalue weighted by Crippen LogP contribution is 2.29. The number of hydrogen-bond donors (Lipinski definition) is 2. The topological polar surface area (TPSA) is 84.7 Å². The first kappa shape index (κ1) is 29.8. The van der Waals surface area contributed by atoms with E-state index in [4.69, 9.17) is 22.1 Å². The Kier molecular flexibility index (Phi) is 11.3. The van der Waals surface area contributed by atoms with Gasteiger partial charge in [-0.2, -0.15) is 0 Å². The van der Waals surface area contributed by atoms with Gasteiger partial charge in [-0.3, -0.25) is 9.59 Å². The second-order valence-electron chi connectivity index (χ2n) is 9.83. The maximum Gasteiger partial charge on any atom is 0.255 e. The molecule has 0 bridgehead atoms. The van der Waals surface area contributed by atoms with Crippen LogP contribution in [0.2, 0.25) is 5.02 Å². The average molecular weight is 559 g/mol. The highest BCUT2D eigenvalue weighted by Gasteiger charge is 2.21. The van der Waals surface area contributed by atoms with Gasteiger partial charge in [0.15, 0.2) is 5.78 Å². The number of nitrogens with two attached hydrogens (primary N) is 1. The number of likely N-dealkylation sites (tertiary alicyclic amines) is 1. The third-order valence-electron chi connectivity index (χ3n) is 7.29. The molecule has 0 aromatic heterocycles. The zero-order valence-electron chi connectivity index (χ0n) is 21.9. The molecule has 38 heavy (non-hydrogen) atoms. The van der Waals surface area contributed by atoms with Crippen molar-refractivity contribution in [2.45, 2.75) is 38.5 Å². The van der Waals surface area contributed by atoms with Crippen molar-refractivity contribution in [1.29, 1.82) is 0 Å². The molecule has 1 aliphatic heterocycles. The molecule has 1 aliphatic rings. The minimum atomic E-state index is -0.195. The van der Waals surface area contributed by atoms with Crippen molar-refractivity contribution in [3.8, 4) is 5.75 Å². The number of carbonyl (C=O) groups excluding carboxylic acids is 2. The molecule has 0 aliphatic carbocycles. The van der Waals surface area contributed by atoms with Crippen LogP contribution in [0.5, 0.6) is 5.75 Å². The molecule has 6 nitrogen and oxygen atoms in total. The summed E-state index contributed by atoms with van der Waals surface area (Å²) in [6.45, 7) is 3.76. The van der Waals surface area contributed by atoms with Gasteiger partial charge in [0, 0.05) is 24.6 Å². The predicted molar refractivity (Wildman–Crippen MR) is 158 cm³/mol. The lowest BCUT2D eigenvalue weighted by Gasteiger charge is -2.32. The third-order valence-corrected chi connectivity index (χ3v) is 7.62. The molecule has 204 valence electrons. The fraction of sp³-hybridized carbons (Fsp3) is 0.400. The lowest BCUT2D eigenvalue weighted by molar-refractivity contribution is 0.0932. The van der Waals surface area contributed by atoms with E-state index in [0.717, 1.165) is 68.1 Å². The van der Waals surface area contributed by atoms with E-state index in [9.17, 15) is 9.59 Å². The van der Waals surface area contributed by atoms with E-state index in [2.05, 4.69) is 22.3 Å². The Morgan fingerprint density at radius 3 is 2.53 bits per heavy atom. The smallest absolute Gasteiger partial charge is 0.255 e. The van der Waals surface area contributed by atoms with Gasteiger partial charge >= 0.3 is 0 Å². The standard InChI is InChI=1S/C30H36ClN3O3.ClH/c1-37-29-19-27(32)26(31)18-25(29)30(36)33-20-21-13-16-34(17-14-21)15-6-2-3-12-28(35)24-11-7-9-22-8-4-5-10-23(22)24;/h4-5,7-11,18-19,21H,2-3,6,12-17,20,32H2,1H3,(H,33,36);1H. The Hall–Kier alpha value is -2.80. The number of halogens is 2. The molecule has 1 amide bonds. The van der Waals surface area contributed by atoms with E-state index in [-0.39, 0.29) is 24.1 Å². The Labute approximate surface area is 236 Å². The molecular formula is C30H37Cl2N3O3. The third kappa shape index (κ3) is 7.62. The van der Waals surface area contributed by atoms with Crippen LogP contribution in [0.3, 0.4) is 0 Å². The summed E-state index contributed by atoms with van der Waals surface area (Å²) in [7, 11) is 1.51. The van der Waals surface area contributed by atoms with Gasteiger partial charge < -0.3 is 20.7 Å². The molecule has 0 saturated carbocycles. The van der Waals surface area contributed by atoms with Crippen LogP contribution in [0.1, 0.15) is 59.2 Å². The number of nitrogens with zero attached hydrogens (tertiary/aromatic N) is 1. The first-order valence-electron chi connectivity index (χ1n) is 13.1. The summed E-state index contributed by atoms with van der Waals surface area (Å²) in [5.74, 6) is 0.916. The fourth-order valence-electron chi connectivity index (χ4n) is 5.06. The summed E-state index contributed by atoms with van der Waals surface area (Å²) in [6, 6.07) is 17.2. The van der Waals surface area contributed by atoms with Crippen LogP contribution in [0, 0.1) is 5.92 Å². The zero-order valence-corrected chi connectivity index (χ0v) is 23.5. The molecule has 3 N–H and O–H groups in total. The number of ketones is 1. The number of Topliss-reactive ketones (excluding diaryl/α,β-unsaturated/α-hetero) is 1. The van der Waals surface area contributed by atoms with Gasteiger partial charge in [0.2, 0.25) is 0 Å². The van der Waals surface area contributed by atoms with Gasteiger partial charge in [-0.25, -0.2) is 0 Å². The van der Waals surface area contributed by atoms with Gasteiger partial charge in [0.25, 0.3) is 5.91 Å². The lowest BCUT2D eigenvalue weighted by Crippen LogP contribution is -2.39. The summed E-state index contributed by atoms with van der Waals surface area (Å²) >= 11 is 6.09. The zero-order chi connectivity index (χ0) is 26.2. The highest BCUT2D eigenvalue weighted by atomic mass is 35.5. The molecule has 3 aromatic rings. The van der Waals surface area contributed by atoms with Crippen LogP contribution in [0.15, 0.2) is 54.6 Å². The van der Waals surface area contributed by atoms with Crippen molar-refractivity contribution in [3.05, 3.63) is 70.7 Å². The van der Waals surface area contributed by atoms with Crippen LogP contribution >= 0.6 is 24.0 Å². The number of unbranched alkanes of at least 4 members (excludes halogenated alkanes) is 2. The maximum atomic E-state index is 12.8. The number of nitrogen functional groups attached to an aromatic ring is 1. The summed E-state index contributed by atoms with van der Waals surface area (Å²) < 4.78 is 5.29. The van der Waals surface area contributed by atoms with E-state index in [1.54, 1.807) is 12.1 Å². The van der Waals surface area contributed by atoms with E-state index in [1.807, 2.05) is 30.3 Å². The monoisotopic (exact) mass is 557 g/mol. The Balaban J connectivity index is 0.00000400. The van der Waals surface area contributed by atoms with Crippen molar-refractivity contribution >= 4 is 52.2 Å². The first-order valence-corrected chi connectivity index (χ1v) is 13.5. The number of fused-ring (bicyclic) bond motifs is 1. The maximum absolute atomic E-state index is 12.8. The Morgan fingerprint density at radius 1 is 1.03 bits per heavy atom. The predicted octanol–water partition coefficient (Wildman–Crippen LogP) is 6.39. The Morgan fingerprint density at radius 2 is 1.76 bits per heavy atom. The van der Waals surface area contributed by atoms with Gasteiger partial charge in [-0.1, -0.05) is 60.5 Å². The minimum absolute atomic E-state index is 0. The fourth-order valence-corrected chi connectivity index (χ4v) is 5.23. The number of ether oxygens (including phenoxy) is 1.